The fourth-order valence-electron chi connectivity index (χ4n) is 2.40. The van der Waals surface area contributed by atoms with Crippen LogP contribution in [-0.4, -0.2) is 0 Å². The molecule has 0 amide bonds. The first-order valence-corrected chi connectivity index (χ1v) is 7.62. The molecule has 0 bridgehead atoms. The number of fused-ring (bicyclic) bond motifs is 1. The van der Waals surface area contributed by atoms with Crippen LogP contribution in [0.25, 0.3) is 0 Å². The summed E-state index contributed by atoms with van der Waals surface area (Å²) < 4.78 is 0. The lowest BCUT2D eigenvalue weighted by atomic mass is 9.89. The van der Waals surface area contributed by atoms with Gasteiger partial charge in [-0.15, -0.1) is 0 Å². The van der Waals surface area contributed by atoms with Crippen LogP contribution >= 0.6 is 34.8 Å². The zero-order valence-electron chi connectivity index (χ0n) is 11.1. The molecule has 1 unspecified atom stereocenters. The molecule has 102 valence electrons. The monoisotopic (exact) mass is 314 g/mol. The van der Waals surface area contributed by atoms with Crippen molar-refractivity contribution in [1.82, 2.24) is 0 Å². The van der Waals surface area contributed by atoms with E-state index in [4.69, 9.17) is 34.8 Å². The third kappa shape index (κ3) is 3.56. The Labute approximate surface area is 130 Å². The van der Waals surface area contributed by atoms with E-state index in [0.717, 1.165) is 29.9 Å². The number of rotatable bonds is 0. The fraction of sp³-hybridized carbons (Fsp3) is 0.375. The Hall–Kier alpha value is -0.430. The normalized spacial score (nSPS) is 20.9. The van der Waals surface area contributed by atoms with Crippen LogP contribution < -0.4 is 0 Å². The second-order valence-corrected chi connectivity index (χ2v) is 6.35. The molecule has 2 rings (SSSR count). The van der Waals surface area contributed by atoms with Gasteiger partial charge in [0.05, 0.1) is 10.1 Å². The zero-order chi connectivity index (χ0) is 14.0. The minimum absolute atomic E-state index is 0.420. The van der Waals surface area contributed by atoms with Crippen molar-refractivity contribution in [3.05, 3.63) is 56.1 Å². The van der Waals surface area contributed by atoms with Gasteiger partial charge in [-0.2, -0.15) is 0 Å². The van der Waals surface area contributed by atoms with Gasteiger partial charge in [0.25, 0.3) is 0 Å². The van der Waals surface area contributed by atoms with Gasteiger partial charge in [0.2, 0.25) is 0 Å². The summed E-state index contributed by atoms with van der Waals surface area (Å²) in [6.45, 7) is 4.24. The topological polar surface area (TPSA) is 0 Å². The third-order valence-electron chi connectivity index (χ3n) is 3.64. The lowest BCUT2D eigenvalue weighted by Gasteiger charge is -2.18. The van der Waals surface area contributed by atoms with E-state index in [0.29, 0.717) is 16.0 Å². The highest BCUT2D eigenvalue weighted by atomic mass is 35.5. The summed E-state index contributed by atoms with van der Waals surface area (Å²) >= 11 is 18.6. The van der Waals surface area contributed by atoms with Crippen LogP contribution in [0.1, 0.15) is 43.7 Å². The number of hydrogen-bond acceptors (Lipinski definition) is 0. The van der Waals surface area contributed by atoms with Crippen molar-refractivity contribution in [3.8, 4) is 0 Å². The van der Waals surface area contributed by atoms with Crippen LogP contribution in [0, 0.1) is 0 Å². The highest BCUT2D eigenvalue weighted by molar-refractivity contribution is 6.44. The molecule has 0 saturated carbocycles. The average Bonchev–Trinajstić information content (AvgIpc) is 2.40. The molecule has 0 N–H and O–H groups in total. The maximum atomic E-state index is 6.28. The molecule has 0 heterocycles. The van der Waals surface area contributed by atoms with Crippen molar-refractivity contribution >= 4 is 34.8 Å². The molecule has 0 aliphatic heterocycles. The van der Waals surface area contributed by atoms with Crippen molar-refractivity contribution in [3.63, 3.8) is 0 Å². The van der Waals surface area contributed by atoms with Gasteiger partial charge in [-0.05, 0) is 55.4 Å². The van der Waals surface area contributed by atoms with Gasteiger partial charge in [0.15, 0.2) is 0 Å². The summed E-state index contributed by atoms with van der Waals surface area (Å²) in [6.07, 6.45) is 4.76. The van der Waals surface area contributed by atoms with Crippen molar-refractivity contribution < 1.29 is 0 Å². The first-order chi connectivity index (χ1) is 8.99. The molecule has 1 aliphatic rings. The molecule has 0 spiro atoms. The molecular formula is C16H17Cl3. The lowest BCUT2D eigenvalue weighted by Crippen LogP contribution is -2.02. The maximum Gasteiger partial charge on any atom is 0.0578 e. The van der Waals surface area contributed by atoms with E-state index in [-0.39, 0.29) is 0 Å². The molecule has 0 radical (unpaired) electrons. The number of benzene rings is 1. The molecule has 0 saturated heterocycles. The van der Waals surface area contributed by atoms with Crippen molar-refractivity contribution in [1.29, 1.82) is 0 Å². The number of hydrogen-bond donors (Lipinski definition) is 0. The number of allylic oxidation sites excluding steroid dienone is 4. The van der Waals surface area contributed by atoms with Gasteiger partial charge in [0.1, 0.15) is 0 Å². The highest BCUT2D eigenvalue weighted by Gasteiger charge is 2.14. The van der Waals surface area contributed by atoms with Crippen LogP contribution in [0.2, 0.25) is 5.02 Å². The van der Waals surface area contributed by atoms with Crippen molar-refractivity contribution in [2.24, 2.45) is 0 Å². The van der Waals surface area contributed by atoms with E-state index < -0.39 is 0 Å². The van der Waals surface area contributed by atoms with Crippen LogP contribution in [0.15, 0.2) is 39.9 Å². The van der Waals surface area contributed by atoms with Crippen molar-refractivity contribution in [2.45, 2.75) is 39.0 Å². The SMILES string of the molecule is CC1=C(Cl)C(Cl)=CCC(C)c2ccc(Cl)cc2CC1. The van der Waals surface area contributed by atoms with Crippen LogP contribution in [0.3, 0.4) is 0 Å². The minimum Gasteiger partial charge on any atom is -0.0843 e. The Morgan fingerprint density at radius 3 is 2.58 bits per heavy atom. The highest BCUT2D eigenvalue weighted by Crippen LogP contribution is 2.33. The molecular weight excluding hydrogens is 299 g/mol. The predicted molar refractivity (Wildman–Crippen MR) is 85.3 cm³/mol. The van der Waals surface area contributed by atoms with Gasteiger partial charge in [-0.3, -0.25) is 0 Å². The Bertz CT molecular complexity index is 541. The van der Waals surface area contributed by atoms with Gasteiger partial charge in [-0.25, -0.2) is 0 Å². The smallest absolute Gasteiger partial charge is 0.0578 e. The Morgan fingerprint density at radius 1 is 1.11 bits per heavy atom. The Kier molecular flexibility index (Phi) is 5.00. The molecule has 1 aromatic rings. The summed E-state index contributed by atoms with van der Waals surface area (Å²) in [5, 5.41) is 2.16. The maximum absolute atomic E-state index is 6.28. The summed E-state index contributed by atoms with van der Waals surface area (Å²) in [5.41, 5.74) is 3.80. The average molecular weight is 316 g/mol. The number of halogens is 3. The largest absolute Gasteiger partial charge is 0.0843 e. The second kappa shape index (κ2) is 6.35. The predicted octanol–water partition coefficient (Wildman–Crippen LogP) is 6.42. The van der Waals surface area contributed by atoms with Crippen LogP contribution in [0.4, 0.5) is 0 Å². The molecule has 19 heavy (non-hydrogen) atoms. The first kappa shape index (κ1) is 15.0. The second-order valence-electron chi connectivity index (χ2n) is 5.13. The zero-order valence-corrected chi connectivity index (χ0v) is 13.4. The Balaban J connectivity index is 2.44. The lowest BCUT2D eigenvalue weighted by molar-refractivity contribution is 0.756. The van der Waals surface area contributed by atoms with E-state index in [1.165, 1.54) is 11.1 Å². The van der Waals surface area contributed by atoms with E-state index in [1.54, 1.807) is 0 Å². The molecule has 1 aliphatic carbocycles. The molecule has 1 aromatic carbocycles. The molecule has 0 fully saturated rings. The summed E-state index contributed by atoms with van der Waals surface area (Å²) in [4.78, 5) is 0. The minimum atomic E-state index is 0.420. The summed E-state index contributed by atoms with van der Waals surface area (Å²) in [7, 11) is 0. The molecule has 0 nitrogen and oxygen atoms in total. The molecule has 1 atom stereocenters. The standard InChI is InChI=1S/C16H17Cl3/c1-10-4-8-15(18)16(19)11(2)3-5-12-9-13(17)6-7-14(10)12/h6-10H,3-5H2,1-2H3. The van der Waals surface area contributed by atoms with E-state index >= 15 is 0 Å². The van der Waals surface area contributed by atoms with Gasteiger partial charge >= 0.3 is 0 Å². The van der Waals surface area contributed by atoms with Gasteiger partial charge in [0, 0.05) is 5.02 Å². The van der Waals surface area contributed by atoms with Gasteiger partial charge in [-0.1, -0.05) is 59.4 Å². The van der Waals surface area contributed by atoms with Crippen LogP contribution in [-0.2, 0) is 6.42 Å². The van der Waals surface area contributed by atoms with E-state index in [9.17, 15) is 0 Å². The summed E-state index contributed by atoms with van der Waals surface area (Å²) in [5.74, 6) is 0.420. The first-order valence-electron chi connectivity index (χ1n) is 6.48. The van der Waals surface area contributed by atoms with Crippen LogP contribution in [0.5, 0.6) is 0 Å². The van der Waals surface area contributed by atoms with E-state index in [1.807, 2.05) is 19.1 Å². The van der Waals surface area contributed by atoms with Gasteiger partial charge < -0.3 is 0 Å². The Morgan fingerprint density at radius 2 is 1.84 bits per heavy atom. The quantitative estimate of drug-likeness (QED) is 0.518. The molecule has 0 aromatic heterocycles. The van der Waals surface area contributed by atoms with E-state index in [2.05, 4.69) is 19.1 Å². The fourth-order valence-corrected chi connectivity index (χ4v) is 3.02. The third-order valence-corrected chi connectivity index (χ3v) is 4.84. The summed E-state index contributed by atoms with van der Waals surface area (Å²) in [6, 6.07) is 6.16. The number of aryl methyl sites for hydroxylation is 1. The molecule has 3 heteroatoms. The van der Waals surface area contributed by atoms with Crippen molar-refractivity contribution in [2.75, 3.05) is 0 Å².